The summed E-state index contributed by atoms with van der Waals surface area (Å²) in [5.41, 5.74) is 2.62. The van der Waals surface area contributed by atoms with Crippen LogP contribution in [0.15, 0.2) is 42.6 Å². The first kappa shape index (κ1) is 13.3. The second-order valence-electron chi connectivity index (χ2n) is 4.48. The molecule has 0 amide bonds. The lowest BCUT2D eigenvalue weighted by Gasteiger charge is -2.08. The molecule has 1 aromatic heterocycles. The Kier molecular flexibility index (Phi) is 3.55. The number of anilines is 1. The normalized spacial score (nSPS) is 10.9. The number of hydrogen-bond acceptors (Lipinski definition) is 1. The summed E-state index contributed by atoms with van der Waals surface area (Å²) in [6, 6.07) is 9.92. The maximum absolute atomic E-state index is 13.2. The fourth-order valence-corrected chi connectivity index (χ4v) is 2.48. The van der Waals surface area contributed by atoms with E-state index < -0.39 is 0 Å². The van der Waals surface area contributed by atoms with Crippen LogP contribution in [0.4, 0.5) is 10.1 Å². The predicted molar refractivity (Wildman–Crippen MR) is 82.0 cm³/mol. The number of benzene rings is 2. The maximum Gasteiger partial charge on any atom is 0.125 e. The Labute approximate surface area is 125 Å². The molecule has 0 atom stereocenters. The Morgan fingerprint density at radius 3 is 2.80 bits per heavy atom. The van der Waals surface area contributed by atoms with Crippen LogP contribution in [0.2, 0.25) is 10.0 Å². The third-order valence-electron chi connectivity index (χ3n) is 3.13. The minimum absolute atomic E-state index is 0.317. The zero-order valence-electron chi connectivity index (χ0n) is 10.4. The van der Waals surface area contributed by atoms with Crippen LogP contribution in [-0.2, 0) is 6.54 Å². The lowest BCUT2D eigenvalue weighted by Crippen LogP contribution is -1.99. The minimum atomic E-state index is -0.317. The number of aromatic amines is 1. The van der Waals surface area contributed by atoms with Gasteiger partial charge in [0.1, 0.15) is 5.82 Å². The number of rotatable bonds is 3. The smallest absolute Gasteiger partial charge is 0.125 e. The molecule has 2 nitrogen and oxygen atoms in total. The average molecular weight is 309 g/mol. The Morgan fingerprint density at radius 1 is 1.10 bits per heavy atom. The van der Waals surface area contributed by atoms with Crippen molar-refractivity contribution in [3.05, 3.63) is 64.0 Å². The molecule has 1 heterocycles. The second kappa shape index (κ2) is 5.35. The zero-order chi connectivity index (χ0) is 14.1. The highest BCUT2D eigenvalue weighted by Gasteiger charge is 2.06. The van der Waals surface area contributed by atoms with Crippen LogP contribution >= 0.6 is 23.2 Å². The lowest BCUT2D eigenvalue weighted by atomic mass is 10.1. The van der Waals surface area contributed by atoms with Crippen molar-refractivity contribution in [3.8, 4) is 0 Å². The van der Waals surface area contributed by atoms with E-state index in [1.807, 2.05) is 24.4 Å². The Morgan fingerprint density at radius 2 is 1.95 bits per heavy atom. The molecule has 2 N–H and O–H groups in total. The number of nitrogens with one attached hydrogen (secondary N) is 2. The summed E-state index contributed by atoms with van der Waals surface area (Å²) in [5.74, 6) is -0.317. The molecule has 0 radical (unpaired) electrons. The monoisotopic (exact) mass is 308 g/mol. The van der Waals surface area contributed by atoms with Crippen LogP contribution < -0.4 is 5.32 Å². The summed E-state index contributed by atoms with van der Waals surface area (Å²) >= 11 is 12.0. The van der Waals surface area contributed by atoms with Gasteiger partial charge < -0.3 is 10.3 Å². The van der Waals surface area contributed by atoms with Gasteiger partial charge in [-0.1, -0.05) is 29.3 Å². The predicted octanol–water partition coefficient (Wildman–Crippen LogP) is 5.23. The van der Waals surface area contributed by atoms with Crippen LogP contribution in [0.25, 0.3) is 10.9 Å². The highest BCUT2D eigenvalue weighted by Crippen LogP contribution is 2.26. The largest absolute Gasteiger partial charge is 0.380 e. The summed E-state index contributed by atoms with van der Waals surface area (Å²) in [7, 11) is 0. The zero-order valence-corrected chi connectivity index (χ0v) is 11.9. The molecule has 0 fully saturated rings. The topological polar surface area (TPSA) is 27.8 Å². The van der Waals surface area contributed by atoms with Crippen LogP contribution in [0.3, 0.4) is 0 Å². The third kappa shape index (κ3) is 2.60. The first-order valence-electron chi connectivity index (χ1n) is 6.08. The molecule has 5 heteroatoms. The molecule has 0 bridgehead atoms. The van der Waals surface area contributed by atoms with Gasteiger partial charge in [0.05, 0.1) is 10.7 Å². The quantitative estimate of drug-likeness (QED) is 0.681. The van der Waals surface area contributed by atoms with E-state index in [2.05, 4.69) is 10.3 Å². The van der Waals surface area contributed by atoms with Gasteiger partial charge in [-0.3, -0.25) is 0 Å². The lowest BCUT2D eigenvalue weighted by molar-refractivity contribution is 0.628. The molecule has 3 rings (SSSR count). The van der Waals surface area contributed by atoms with Gasteiger partial charge in [-0.05, 0) is 35.9 Å². The van der Waals surface area contributed by atoms with Crippen LogP contribution in [0.5, 0.6) is 0 Å². The summed E-state index contributed by atoms with van der Waals surface area (Å²) in [6.45, 7) is 0.546. The number of halogens is 3. The second-order valence-corrected chi connectivity index (χ2v) is 5.33. The van der Waals surface area contributed by atoms with Gasteiger partial charge in [-0.15, -0.1) is 0 Å². The molecule has 3 aromatic rings. The first-order valence-corrected chi connectivity index (χ1v) is 6.83. The fraction of sp³-hybridized carbons (Fsp3) is 0.0667. The van der Waals surface area contributed by atoms with Gasteiger partial charge in [0, 0.05) is 28.7 Å². The molecular weight excluding hydrogens is 298 g/mol. The number of aromatic nitrogens is 1. The van der Waals surface area contributed by atoms with E-state index in [0.29, 0.717) is 22.3 Å². The molecule has 0 aliphatic rings. The van der Waals surface area contributed by atoms with Crippen LogP contribution in [0.1, 0.15) is 5.56 Å². The minimum Gasteiger partial charge on any atom is -0.380 e. The van der Waals surface area contributed by atoms with E-state index in [1.54, 1.807) is 0 Å². The van der Waals surface area contributed by atoms with Crippen molar-refractivity contribution in [2.75, 3.05) is 5.32 Å². The fourth-order valence-electron chi connectivity index (χ4n) is 2.13. The van der Waals surface area contributed by atoms with Gasteiger partial charge >= 0.3 is 0 Å². The van der Waals surface area contributed by atoms with Crippen molar-refractivity contribution in [2.45, 2.75) is 6.54 Å². The van der Waals surface area contributed by atoms with E-state index in [9.17, 15) is 4.39 Å². The van der Waals surface area contributed by atoms with Crippen LogP contribution in [0, 0.1) is 5.82 Å². The van der Waals surface area contributed by atoms with Crippen molar-refractivity contribution < 1.29 is 4.39 Å². The molecule has 20 heavy (non-hydrogen) atoms. The molecule has 102 valence electrons. The van der Waals surface area contributed by atoms with Gasteiger partial charge in [0.15, 0.2) is 0 Å². The van der Waals surface area contributed by atoms with Gasteiger partial charge in [0.25, 0.3) is 0 Å². The van der Waals surface area contributed by atoms with Gasteiger partial charge in [-0.2, -0.15) is 0 Å². The molecule has 0 aliphatic carbocycles. The number of H-pyrrole nitrogens is 1. The molecular formula is C15H11Cl2FN2. The van der Waals surface area contributed by atoms with Crippen molar-refractivity contribution in [1.82, 2.24) is 4.98 Å². The van der Waals surface area contributed by atoms with E-state index in [1.165, 1.54) is 18.2 Å². The molecule has 0 saturated carbocycles. The summed E-state index contributed by atoms with van der Waals surface area (Å²) in [6.07, 6.45) is 1.90. The Balaban J connectivity index is 1.85. The summed E-state index contributed by atoms with van der Waals surface area (Å²) < 4.78 is 13.2. The van der Waals surface area contributed by atoms with Crippen molar-refractivity contribution in [1.29, 1.82) is 0 Å². The van der Waals surface area contributed by atoms with Crippen molar-refractivity contribution in [3.63, 3.8) is 0 Å². The third-order valence-corrected chi connectivity index (χ3v) is 3.69. The van der Waals surface area contributed by atoms with E-state index in [4.69, 9.17) is 23.2 Å². The molecule has 0 saturated heterocycles. The van der Waals surface area contributed by atoms with E-state index >= 15 is 0 Å². The van der Waals surface area contributed by atoms with Crippen molar-refractivity contribution >= 4 is 39.8 Å². The average Bonchev–Trinajstić information content (AvgIpc) is 2.82. The van der Waals surface area contributed by atoms with Gasteiger partial charge in [-0.25, -0.2) is 4.39 Å². The highest BCUT2D eigenvalue weighted by molar-refractivity contribution is 6.33. The molecule has 0 spiro atoms. The van der Waals surface area contributed by atoms with Gasteiger partial charge in [0.2, 0.25) is 0 Å². The van der Waals surface area contributed by atoms with E-state index in [-0.39, 0.29) is 5.82 Å². The number of hydrogen-bond donors (Lipinski definition) is 2. The Bertz CT molecular complexity index is 768. The molecule has 2 aromatic carbocycles. The molecule has 0 aliphatic heterocycles. The standard InChI is InChI=1S/C15H11Cl2FN2/c16-10-1-3-12-9(7-19-14(12)5-10)8-20-15-6-11(18)2-4-13(15)17/h1-7,19-20H,8H2. The van der Waals surface area contributed by atoms with Crippen LogP contribution in [-0.4, -0.2) is 4.98 Å². The first-order chi connectivity index (χ1) is 9.63. The molecule has 0 unspecified atom stereocenters. The maximum atomic E-state index is 13.2. The van der Waals surface area contributed by atoms with E-state index in [0.717, 1.165) is 16.5 Å². The Hall–Kier alpha value is -1.71. The summed E-state index contributed by atoms with van der Waals surface area (Å²) in [4.78, 5) is 3.16. The number of fused-ring (bicyclic) bond motifs is 1. The highest BCUT2D eigenvalue weighted by atomic mass is 35.5. The van der Waals surface area contributed by atoms with Crippen molar-refractivity contribution in [2.24, 2.45) is 0 Å². The summed E-state index contributed by atoms with van der Waals surface area (Å²) in [5, 5.41) is 5.40. The SMILES string of the molecule is Fc1ccc(Cl)c(NCc2c[nH]c3cc(Cl)ccc23)c1.